The summed E-state index contributed by atoms with van der Waals surface area (Å²) in [4.78, 5) is 6.72. The van der Waals surface area contributed by atoms with E-state index in [1.54, 1.807) is 0 Å². The van der Waals surface area contributed by atoms with Crippen LogP contribution < -0.4 is 10.6 Å². The molecule has 2 heterocycles. The lowest BCUT2D eigenvalue weighted by molar-refractivity contribution is 0.0481. The predicted molar refractivity (Wildman–Crippen MR) is 73.5 cm³/mol. The lowest BCUT2D eigenvalue weighted by Crippen LogP contribution is -2.28. The lowest BCUT2D eigenvalue weighted by atomic mass is 9.98. The van der Waals surface area contributed by atoms with E-state index in [4.69, 9.17) is 5.73 Å². The molecule has 1 unspecified atom stereocenters. The van der Waals surface area contributed by atoms with Crippen LogP contribution in [0.3, 0.4) is 0 Å². The number of pyridine rings is 1. The molecule has 0 amide bonds. The minimum absolute atomic E-state index is 0.0245. The first kappa shape index (κ1) is 13.3. The molecule has 0 aromatic carbocycles. The van der Waals surface area contributed by atoms with Crippen LogP contribution in [-0.2, 0) is 0 Å². The van der Waals surface area contributed by atoms with Crippen molar-refractivity contribution >= 4 is 5.82 Å². The Hall–Kier alpha value is -1.13. The predicted octanol–water partition coefficient (Wildman–Crippen LogP) is 1.84. The zero-order valence-electron chi connectivity index (χ0n) is 11.3. The van der Waals surface area contributed by atoms with Crippen LogP contribution >= 0.6 is 0 Å². The molecule has 1 aliphatic heterocycles. The third-order valence-electron chi connectivity index (χ3n) is 3.68. The summed E-state index contributed by atoms with van der Waals surface area (Å²) in [5.41, 5.74) is 6.34. The van der Waals surface area contributed by atoms with E-state index in [1.165, 1.54) is 0 Å². The van der Waals surface area contributed by atoms with Crippen LogP contribution in [0.2, 0.25) is 0 Å². The van der Waals surface area contributed by atoms with Gasteiger partial charge in [-0.05, 0) is 44.7 Å². The Morgan fingerprint density at radius 1 is 1.39 bits per heavy atom. The van der Waals surface area contributed by atoms with Crippen LogP contribution in [0.5, 0.6) is 0 Å². The van der Waals surface area contributed by atoms with E-state index in [-0.39, 0.29) is 6.04 Å². The van der Waals surface area contributed by atoms with E-state index in [0.717, 1.165) is 43.7 Å². The molecule has 18 heavy (non-hydrogen) atoms. The quantitative estimate of drug-likeness (QED) is 0.839. The van der Waals surface area contributed by atoms with Gasteiger partial charge in [0.1, 0.15) is 5.82 Å². The summed E-state index contributed by atoms with van der Waals surface area (Å²) in [5.74, 6) is 0.983. The maximum Gasteiger partial charge on any atom is 0.128 e. The molecule has 0 bridgehead atoms. The second-order valence-corrected chi connectivity index (χ2v) is 5.58. The van der Waals surface area contributed by atoms with Crippen LogP contribution in [0.15, 0.2) is 18.3 Å². The van der Waals surface area contributed by atoms with E-state index in [1.807, 2.05) is 32.2 Å². The Labute approximate surface area is 109 Å². The maximum atomic E-state index is 10.1. The van der Waals surface area contributed by atoms with E-state index in [2.05, 4.69) is 9.88 Å². The normalized spacial score (nSPS) is 26.8. The van der Waals surface area contributed by atoms with Crippen molar-refractivity contribution in [3.8, 4) is 0 Å². The molecule has 2 rings (SSSR count). The van der Waals surface area contributed by atoms with Crippen molar-refractivity contribution in [3.63, 3.8) is 0 Å². The Balaban J connectivity index is 2.07. The SMILES string of the molecule is C[C@@H](N)c1ccc(N2CCCC(C)(O)CC2)nc1. The highest BCUT2D eigenvalue weighted by Gasteiger charge is 2.25. The molecule has 0 aliphatic carbocycles. The van der Waals surface area contributed by atoms with Crippen molar-refractivity contribution in [1.29, 1.82) is 0 Å². The third kappa shape index (κ3) is 3.21. The van der Waals surface area contributed by atoms with Gasteiger partial charge >= 0.3 is 0 Å². The van der Waals surface area contributed by atoms with Crippen molar-refractivity contribution < 1.29 is 5.11 Å². The van der Waals surface area contributed by atoms with Crippen molar-refractivity contribution in [2.75, 3.05) is 18.0 Å². The molecule has 0 saturated carbocycles. The van der Waals surface area contributed by atoms with Gasteiger partial charge in [0, 0.05) is 25.3 Å². The van der Waals surface area contributed by atoms with Crippen molar-refractivity contribution in [3.05, 3.63) is 23.9 Å². The second-order valence-electron chi connectivity index (χ2n) is 5.58. The molecule has 100 valence electrons. The van der Waals surface area contributed by atoms with Crippen molar-refractivity contribution in [2.45, 2.75) is 44.8 Å². The van der Waals surface area contributed by atoms with Gasteiger partial charge < -0.3 is 15.7 Å². The van der Waals surface area contributed by atoms with Crippen LogP contribution in [-0.4, -0.2) is 28.8 Å². The first-order valence-electron chi connectivity index (χ1n) is 6.67. The van der Waals surface area contributed by atoms with Crippen LogP contribution in [0.25, 0.3) is 0 Å². The fourth-order valence-corrected chi connectivity index (χ4v) is 2.35. The van der Waals surface area contributed by atoms with Gasteiger partial charge in [-0.25, -0.2) is 4.98 Å². The first-order valence-corrected chi connectivity index (χ1v) is 6.67. The summed E-state index contributed by atoms with van der Waals surface area (Å²) in [6.07, 6.45) is 4.51. The van der Waals surface area contributed by atoms with Crippen LogP contribution in [0.1, 0.15) is 44.7 Å². The Bertz CT molecular complexity index is 387. The minimum atomic E-state index is -0.527. The Morgan fingerprint density at radius 3 is 2.78 bits per heavy atom. The summed E-state index contributed by atoms with van der Waals surface area (Å²) in [6.45, 7) is 5.70. The summed E-state index contributed by atoms with van der Waals surface area (Å²) in [7, 11) is 0. The van der Waals surface area contributed by atoms with Gasteiger partial charge in [-0.1, -0.05) is 6.07 Å². The number of aliphatic hydroxyl groups is 1. The molecular weight excluding hydrogens is 226 g/mol. The fourth-order valence-electron chi connectivity index (χ4n) is 2.35. The van der Waals surface area contributed by atoms with Crippen LogP contribution in [0, 0.1) is 0 Å². The summed E-state index contributed by atoms with van der Waals surface area (Å²) < 4.78 is 0. The van der Waals surface area contributed by atoms with E-state index < -0.39 is 5.60 Å². The number of rotatable bonds is 2. The molecular formula is C14H23N3O. The monoisotopic (exact) mass is 249 g/mol. The molecule has 2 atom stereocenters. The zero-order chi connectivity index (χ0) is 13.2. The number of hydrogen-bond acceptors (Lipinski definition) is 4. The Morgan fingerprint density at radius 2 is 2.17 bits per heavy atom. The van der Waals surface area contributed by atoms with Gasteiger partial charge in [-0.15, -0.1) is 0 Å². The number of aromatic nitrogens is 1. The first-order chi connectivity index (χ1) is 8.48. The summed E-state index contributed by atoms with van der Waals surface area (Å²) >= 11 is 0. The second kappa shape index (κ2) is 5.24. The highest BCUT2D eigenvalue weighted by Crippen LogP contribution is 2.24. The summed E-state index contributed by atoms with van der Waals surface area (Å²) in [5, 5.41) is 10.1. The molecule has 1 aromatic rings. The van der Waals surface area contributed by atoms with Crippen molar-refractivity contribution in [2.24, 2.45) is 5.73 Å². The Kier molecular flexibility index (Phi) is 3.88. The van der Waals surface area contributed by atoms with Crippen molar-refractivity contribution in [1.82, 2.24) is 4.98 Å². The zero-order valence-corrected chi connectivity index (χ0v) is 11.3. The molecule has 1 aromatic heterocycles. The number of hydrogen-bond donors (Lipinski definition) is 2. The average Bonchev–Trinajstić information content (AvgIpc) is 2.50. The topological polar surface area (TPSA) is 62.4 Å². The molecule has 4 heteroatoms. The number of nitrogens with two attached hydrogens (primary N) is 1. The molecule has 0 spiro atoms. The summed E-state index contributed by atoms with van der Waals surface area (Å²) in [6, 6.07) is 4.09. The van der Waals surface area contributed by atoms with Gasteiger partial charge in [0.15, 0.2) is 0 Å². The highest BCUT2D eigenvalue weighted by molar-refractivity contribution is 5.40. The van der Waals surface area contributed by atoms with Crippen LogP contribution in [0.4, 0.5) is 5.82 Å². The van der Waals surface area contributed by atoms with E-state index in [9.17, 15) is 5.11 Å². The fraction of sp³-hybridized carbons (Fsp3) is 0.643. The molecule has 0 radical (unpaired) electrons. The standard InChI is InChI=1S/C14H23N3O/c1-11(15)12-4-5-13(16-10-12)17-8-3-6-14(2,18)7-9-17/h4-5,10-11,18H,3,6-9,15H2,1-2H3/t11-,14?/m1/s1. The largest absolute Gasteiger partial charge is 0.390 e. The lowest BCUT2D eigenvalue weighted by Gasteiger charge is -2.23. The van der Waals surface area contributed by atoms with Gasteiger partial charge in [0.2, 0.25) is 0 Å². The number of nitrogens with zero attached hydrogens (tertiary/aromatic N) is 2. The molecule has 3 N–H and O–H groups in total. The average molecular weight is 249 g/mol. The van der Waals surface area contributed by atoms with Gasteiger partial charge in [-0.3, -0.25) is 0 Å². The molecule has 1 saturated heterocycles. The van der Waals surface area contributed by atoms with E-state index in [0.29, 0.717) is 0 Å². The highest BCUT2D eigenvalue weighted by atomic mass is 16.3. The molecule has 1 fully saturated rings. The smallest absolute Gasteiger partial charge is 0.128 e. The molecule has 4 nitrogen and oxygen atoms in total. The number of anilines is 1. The minimum Gasteiger partial charge on any atom is -0.390 e. The van der Waals surface area contributed by atoms with Gasteiger partial charge in [-0.2, -0.15) is 0 Å². The van der Waals surface area contributed by atoms with Gasteiger partial charge in [0.05, 0.1) is 5.60 Å². The van der Waals surface area contributed by atoms with E-state index >= 15 is 0 Å². The maximum absolute atomic E-state index is 10.1. The third-order valence-corrected chi connectivity index (χ3v) is 3.68. The van der Waals surface area contributed by atoms with Gasteiger partial charge in [0.25, 0.3) is 0 Å². The molecule has 1 aliphatic rings.